The average molecular weight is 273 g/mol. The zero-order valence-electron chi connectivity index (χ0n) is 12.4. The van der Waals surface area contributed by atoms with E-state index >= 15 is 0 Å². The van der Waals surface area contributed by atoms with E-state index in [1.807, 2.05) is 29.9 Å². The number of carbonyl (C=O) groups is 1. The van der Waals surface area contributed by atoms with Crippen LogP contribution in [0, 0.1) is 5.92 Å². The summed E-state index contributed by atoms with van der Waals surface area (Å²) >= 11 is 0. The number of allylic oxidation sites excluding steroid dienone is 2. The quantitative estimate of drug-likeness (QED) is 0.777. The second kappa shape index (κ2) is 5.43. The first kappa shape index (κ1) is 13.4. The Kier molecular flexibility index (Phi) is 3.64. The van der Waals surface area contributed by atoms with Gasteiger partial charge < -0.3 is 4.90 Å². The summed E-state index contributed by atoms with van der Waals surface area (Å²) in [5, 5.41) is 4.37. The van der Waals surface area contributed by atoms with Gasteiger partial charge in [-0.1, -0.05) is 12.2 Å². The van der Waals surface area contributed by atoms with Crippen molar-refractivity contribution in [3.05, 3.63) is 29.6 Å². The Bertz CT molecular complexity index is 532. The van der Waals surface area contributed by atoms with Crippen molar-refractivity contribution in [2.45, 2.75) is 44.6 Å². The number of nitrogens with zero attached hydrogens (tertiary/aromatic N) is 3. The number of amides is 1. The summed E-state index contributed by atoms with van der Waals surface area (Å²) in [6.07, 6.45) is 12.5. The van der Waals surface area contributed by atoms with E-state index in [9.17, 15) is 4.79 Å². The Balaban J connectivity index is 1.79. The number of hydrogen-bond acceptors (Lipinski definition) is 2. The summed E-state index contributed by atoms with van der Waals surface area (Å²) in [4.78, 5) is 14.7. The fourth-order valence-electron chi connectivity index (χ4n) is 3.54. The number of carbonyl (C=O) groups excluding carboxylic acids is 1. The van der Waals surface area contributed by atoms with Crippen molar-refractivity contribution in [3.63, 3.8) is 0 Å². The molecule has 2 unspecified atom stereocenters. The summed E-state index contributed by atoms with van der Waals surface area (Å²) in [6, 6.07) is 0.214. The van der Waals surface area contributed by atoms with Gasteiger partial charge in [0, 0.05) is 31.3 Å². The summed E-state index contributed by atoms with van der Waals surface area (Å²) in [5.74, 6) is 0.475. The Morgan fingerprint density at radius 2 is 2.25 bits per heavy atom. The third kappa shape index (κ3) is 2.28. The van der Waals surface area contributed by atoms with E-state index in [1.54, 1.807) is 0 Å². The lowest BCUT2D eigenvalue weighted by Crippen LogP contribution is -2.37. The number of aryl methyl sites for hydroxylation is 1. The van der Waals surface area contributed by atoms with Gasteiger partial charge in [0.15, 0.2) is 0 Å². The van der Waals surface area contributed by atoms with Crippen LogP contribution in [0.15, 0.2) is 18.3 Å². The topological polar surface area (TPSA) is 38.1 Å². The van der Waals surface area contributed by atoms with Crippen LogP contribution in [0.5, 0.6) is 0 Å². The summed E-state index contributed by atoms with van der Waals surface area (Å²) in [5.41, 5.74) is 2.55. The lowest BCUT2D eigenvalue weighted by atomic mass is 9.89. The lowest BCUT2D eigenvalue weighted by Gasteiger charge is -2.34. The second-order valence-electron chi connectivity index (χ2n) is 6.01. The zero-order valence-corrected chi connectivity index (χ0v) is 12.4. The monoisotopic (exact) mass is 273 g/mol. The van der Waals surface area contributed by atoms with Crippen LogP contribution in [0.2, 0.25) is 0 Å². The normalized spacial score (nSPS) is 25.3. The van der Waals surface area contributed by atoms with E-state index in [4.69, 9.17) is 0 Å². The molecule has 4 heteroatoms. The van der Waals surface area contributed by atoms with Crippen molar-refractivity contribution in [2.75, 3.05) is 7.05 Å². The maximum absolute atomic E-state index is 12.7. The molecule has 4 nitrogen and oxygen atoms in total. The summed E-state index contributed by atoms with van der Waals surface area (Å²) < 4.78 is 1.96. The predicted molar refractivity (Wildman–Crippen MR) is 78.1 cm³/mol. The van der Waals surface area contributed by atoms with Crippen LogP contribution >= 0.6 is 0 Å². The molecule has 0 saturated heterocycles. The van der Waals surface area contributed by atoms with Crippen molar-refractivity contribution < 1.29 is 4.79 Å². The van der Waals surface area contributed by atoms with E-state index in [1.165, 1.54) is 11.3 Å². The van der Waals surface area contributed by atoms with E-state index < -0.39 is 0 Å². The van der Waals surface area contributed by atoms with Gasteiger partial charge >= 0.3 is 0 Å². The molecule has 0 N–H and O–H groups in total. The smallest absolute Gasteiger partial charge is 0.226 e. The van der Waals surface area contributed by atoms with E-state index in [-0.39, 0.29) is 12.0 Å². The third-order valence-corrected chi connectivity index (χ3v) is 4.78. The average Bonchev–Trinajstić information content (AvgIpc) is 2.88. The van der Waals surface area contributed by atoms with E-state index in [2.05, 4.69) is 17.3 Å². The van der Waals surface area contributed by atoms with Crippen LogP contribution in [-0.4, -0.2) is 27.6 Å². The Hall–Kier alpha value is -1.58. The molecule has 3 rings (SSSR count). The fourth-order valence-corrected chi connectivity index (χ4v) is 3.54. The maximum Gasteiger partial charge on any atom is 0.226 e. The first-order valence-corrected chi connectivity index (χ1v) is 7.61. The molecule has 0 fully saturated rings. The van der Waals surface area contributed by atoms with Crippen LogP contribution in [-0.2, 0) is 18.3 Å². The standard InChI is InChI=1S/C16H23N3O/c1-18(16(20)12-7-4-3-5-8-12)14-9-6-10-15-13(14)11-17-19(15)2/h3-4,11-12,14H,5-10H2,1-2H3. The van der Waals surface area contributed by atoms with Gasteiger partial charge in [-0.2, -0.15) is 5.10 Å². The highest BCUT2D eigenvalue weighted by Gasteiger charge is 2.32. The molecule has 20 heavy (non-hydrogen) atoms. The van der Waals surface area contributed by atoms with Gasteiger partial charge in [0.1, 0.15) is 0 Å². The molecule has 0 aliphatic heterocycles. The highest BCUT2D eigenvalue weighted by Crippen LogP contribution is 2.34. The molecule has 1 aromatic rings. The van der Waals surface area contributed by atoms with Gasteiger partial charge in [0.2, 0.25) is 5.91 Å². The Labute approximate surface area is 120 Å². The van der Waals surface area contributed by atoms with Gasteiger partial charge in [-0.25, -0.2) is 0 Å². The molecular formula is C16H23N3O. The van der Waals surface area contributed by atoms with Crippen molar-refractivity contribution in [2.24, 2.45) is 13.0 Å². The van der Waals surface area contributed by atoms with Crippen LogP contribution < -0.4 is 0 Å². The minimum absolute atomic E-state index is 0.173. The van der Waals surface area contributed by atoms with Gasteiger partial charge in [0.05, 0.1) is 12.2 Å². The Morgan fingerprint density at radius 3 is 3.00 bits per heavy atom. The van der Waals surface area contributed by atoms with Crippen molar-refractivity contribution in [1.29, 1.82) is 0 Å². The van der Waals surface area contributed by atoms with Crippen molar-refractivity contribution in [1.82, 2.24) is 14.7 Å². The number of rotatable bonds is 2. The van der Waals surface area contributed by atoms with Gasteiger partial charge in [-0.15, -0.1) is 0 Å². The van der Waals surface area contributed by atoms with Gasteiger partial charge in [0.25, 0.3) is 0 Å². The molecule has 0 radical (unpaired) electrons. The molecule has 1 aromatic heterocycles. The summed E-state index contributed by atoms with van der Waals surface area (Å²) in [6.45, 7) is 0. The van der Waals surface area contributed by atoms with E-state index in [0.717, 1.165) is 38.5 Å². The molecule has 1 amide bonds. The highest BCUT2D eigenvalue weighted by atomic mass is 16.2. The second-order valence-corrected chi connectivity index (χ2v) is 6.01. The van der Waals surface area contributed by atoms with E-state index in [0.29, 0.717) is 5.91 Å². The number of hydrogen-bond donors (Lipinski definition) is 0. The minimum atomic E-state index is 0.173. The number of aromatic nitrogens is 2. The molecule has 2 atom stereocenters. The molecule has 2 aliphatic rings. The van der Waals surface area contributed by atoms with Crippen molar-refractivity contribution in [3.8, 4) is 0 Å². The van der Waals surface area contributed by atoms with Crippen molar-refractivity contribution >= 4 is 5.91 Å². The molecule has 108 valence electrons. The maximum atomic E-state index is 12.7. The highest BCUT2D eigenvalue weighted by molar-refractivity contribution is 5.79. The fraction of sp³-hybridized carbons (Fsp3) is 0.625. The molecule has 0 saturated carbocycles. The van der Waals surface area contributed by atoms with Gasteiger partial charge in [-0.3, -0.25) is 9.48 Å². The van der Waals surface area contributed by atoms with Crippen LogP contribution in [0.3, 0.4) is 0 Å². The lowest BCUT2D eigenvalue weighted by molar-refractivity contribution is -0.137. The molecule has 2 aliphatic carbocycles. The summed E-state index contributed by atoms with van der Waals surface area (Å²) in [7, 11) is 3.96. The minimum Gasteiger partial charge on any atom is -0.338 e. The van der Waals surface area contributed by atoms with Crippen LogP contribution in [0.1, 0.15) is 49.4 Å². The number of fused-ring (bicyclic) bond motifs is 1. The molecule has 0 spiro atoms. The zero-order chi connectivity index (χ0) is 14.1. The van der Waals surface area contributed by atoms with Gasteiger partial charge in [-0.05, 0) is 38.5 Å². The SMILES string of the molecule is CN(C(=O)C1CC=CCC1)C1CCCc2c1cnn2C. The Morgan fingerprint density at radius 1 is 1.40 bits per heavy atom. The largest absolute Gasteiger partial charge is 0.338 e. The first-order valence-electron chi connectivity index (χ1n) is 7.61. The first-order chi connectivity index (χ1) is 9.68. The third-order valence-electron chi connectivity index (χ3n) is 4.78. The molecule has 1 heterocycles. The molecule has 0 aromatic carbocycles. The van der Waals surface area contributed by atoms with Crippen LogP contribution in [0.4, 0.5) is 0 Å². The predicted octanol–water partition coefficient (Wildman–Crippen LogP) is 2.61. The molecular weight excluding hydrogens is 250 g/mol. The molecule has 0 bridgehead atoms. The van der Waals surface area contributed by atoms with Crippen LogP contribution in [0.25, 0.3) is 0 Å².